The van der Waals surface area contributed by atoms with Crippen molar-refractivity contribution >= 4 is 39.8 Å². The lowest BCUT2D eigenvalue weighted by atomic mass is 10.1. The number of rotatable bonds is 4. The largest absolute Gasteiger partial charge is 0.398 e. The van der Waals surface area contributed by atoms with Crippen molar-refractivity contribution < 1.29 is 4.79 Å². The molecule has 2 aromatic heterocycles. The van der Waals surface area contributed by atoms with E-state index in [-0.39, 0.29) is 5.91 Å². The highest BCUT2D eigenvalue weighted by Gasteiger charge is 2.14. The van der Waals surface area contributed by atoms with Gasteiger partial charge in [-0.25, -0.2) is 9.97 Å². The summed E-state index contributed by atoms with van der Waals surface area (Å²) in [7, 11) is 1.92. The van der Waals surface area contributed by atoms with Crippen molar-refractivity contribution in [3.8, 4) is 0 Å². The number of amides is 1. The first-order chi connectivity index (χ1) is 11.0. The van der Waals surface area contributed by atoms with Gasteiger partial charge >= 0.3 is 0 Å². The lowest BCUT2D eigenvalue weighted by molar-refractivity contribution is 0.102. The number of nitrogens with two attached hydrogens (primary N) is 1. The smallest absolute Gasteiger partial charge is 0.259 e. The Balaban J connectivity index is 1.82. The summed E-state index contributed by atoms with van der Waals surface area (Å²) in [4.78, 5) is 21.8. The van der Waals surface area contributed by atoms with Crippen molar-refractivity contribution in [3.63, 3.8) is 0 Å². The molecule has 3 rings (SSSR count). The Bertz CT molecular complexity index is 855. The molecule has 0 aliphatic carbocycles. The monoisotopic (exact) mass is 345 g/mol. The molecule has 1 aromatic carbocycles. The summed E-state index contributed by atoms with van der Waals surface area (Å²) in [5.74, 6) is -0.265. The molecule has 0 unspecified atom stereocenters. The fourth-order valence-electron chi connectivity index (χ4n) is 1.93. The normalized spacial score (nSPS) is 10.7. The van der Waals surface area contributed by atoms with E-state index in [0.29, 0.717) is 16.4 Å². The van der Waals surface area contributed by atoms with Crippen LogP contribution in [0.5, 0.6) is 0 Å². The van der Waals surface area contributed by atoms with Crippen LogP contribution in [0.1, 0.15) is 16.1 Å². The van der Waals surface area contributed by atoms with Crippen molar-refractivity contribution in [1.82, 2.24) is 14.5 Å². The van der Waals surface area contributed by atoms with E-state index in [2.05, 4.69) is 15.3 Å². The third kappa shape index (κ3) is 3.54. The maximum absolute atomic E-state index is 12.4. The minimum Gasteiger partial charge on any atom is -0.398 e. The first kappa shape index (κ1) is 15.6. The van der Waals surface area contributed by atoms with Gasteiger partial charge in [0.25, 0.3) is 5.91 Å². The van der Waals surface area contributed by atoms with Gasteiger partial charge in [-0.1, -0.05) is 11.8 Å². The molecule has 0 atom stereocenters. The average Bonchev–Trinajstić information content (AvgIpc) is 3.10. The predicted octanol–water partition coefficient (Wildman–Crippen LogP) is 3.17. The Morgan fingerprint density at radius 2 is 2.26 bits per heavy atom. The SMILES string of the molecule is Cc1csc(NC(=O)c2cc(Sc3nccn3C)ccc2N)n1. The van der Waals surface area contributed by atoms with Crippen LogP contribution in [-0.2, 0) is 7.05 Å². The fraction of sp³-hybridized carbons (Fsp3) is 0.133. The highest BCUT2D eigenvalue weighted by Crippen LogP contribution is 2.29. The number of aromatic nitrogens is 3. The van der Waals surface area contributed by atoms with Gasteiger partial charge in [0.05, 0.1) is 11.3 Å². The molecule has 0 radical (unpaired) electrons. The number of carbonyl (C=O) groups excluding carboxylic acids is 1. The molecule has 3 N–H and O–H groups in total. The number of imidazole rings is 1. The predicted molar refractivity (Wildman–Crippen MR) is 93.0 cm³/mol. The summed E-state index contributed by atoms with van der Waals surface area (Å²) in [6, 6.07) is 5.37. The summed E-state index contributed by atoms with van der Waals surface area (Å²) < 4.78 is 1.92. The number of nitrogens with zero attached hydrogens (tertiary/aromatic N) is 3. The average molecular weight is 345 g/mol. The quantitative estimate of drug-likeness (QED) is 0.709. The molecule has 0 aliphatic heterocycles. The number of thiazole rings is 1. The molecule has 6 nitrogen and oxygen atoms in total. The van der Waals surface area contributed by atoms with E-state index < -0.39 is 0 Å². The number of hydrogen-bond acceptors (Lipinski definition) is 6. The van der Waals surface area contributed by atoms with Gasteiger partial charge in [0, 0.05) is 35.4 Å². The maximum atomic E-state index is 12.4. The Hall–Kier alpha value is -2.32. The summed E-state index contributed by atoms with van der Waals surface area (Å²) in [5.41, 5.74) is 7.68. The number of nitrogens with one attached hydrogen (secondary N) is 1. The number of benzene rings is 1. The highest BCUT2D eigenvalue weighted by atomic mass is 32.2. The first-order valence-electron chi connectivity index (χ1n) is 6.81. The molecule has 118 valence electrons. The molecule has 0 saturated heterocycles. The Kier molecular flexibility index (Phi) is 4.35. The molecule has 3 aromatic rings. The van der Waals surface area contributed by atoms with E-state index in [1.165, 1.54) is 23.1 Å². The number of hydrogen-bond donors (Lipinski definition) is 2. The standard InChI is InChI=1S/C15H15N5OS2/c1-9-8-22-14(18-9)19-13(21)11-7-10(3-4-12(11)16)23-15-17-5-6-20(15)2/h3-8H,16H2,1-2H3,(H,18,19,21). The zero-order valence-electron chi connectivity index (χ0n) is 12.6. The van der Waals surface area contributed by atoms with Crippen molar-refractivity contribution in [2.75, 3.05) is 11.1 Å². The van der Waals surface area contributed by atoms with E-state index in [4.69, 9.17) is 5.73 Å². The zero-order chi connectivity index (χ0) is 16.4. The zero-order valence-corrected chi connectivity index (χ0v) is 14.2. The van der Waals surface area contributed by atoms with Gasteiger partial charge in [-0.15, -0.1) is 11.3 Å². The third-order valence-corrected chi connectivity index (χ3v) is 5.04. The van der Waals surface area contributed by atoms with Gasteiger partial charge in [0.15, 0.2) is 10.3 Å². The van der Waals surface area contributed by atoms with E-state index in [1.807, 2.05) is 36.2 Å². The van der Waals surface area contributed by atoms with Crippen LogP contribution in [0, 0.1) is 6.92 Å². The molecule has 8 heteroatoms. The van der Waals surface area contributed by atoms with Gasteiger partial charge in [-0.3, -0.25) is 10.1 Å². The Morgan fingerprint density at radius 1 is 1.43 bits per heavy atom. The molecule has 23 heavy (non-hydrogen) atoms. The molecule has 0 aliphatic rings. The van der Waals surface area contributed by atoms with Crippen LogP contribution in [-0.4, -0.2) is 20.4 Å². The molecule has 0 spiro atoms. The Morgan fingerprint density at radius 3 is 2.91 bits per heavy atom. The van der Waals surface area contributed by atoms with Gasteiger partial charge in [0.1, 0.15) is 0 Å². The number of nitrogen functional groups attached to an aromatic ring is 1. The van der Waals surface area contributed by atoms with Crippen molar-refractivity contribution in [2.45, 2.75) is 17.0 Å². The number of anilines is 2. The van der Waals surface area contributed by atoms with Crippen molar-refractivity contribution in [1.29, 1.82) is 0 Å². The van der Waals surface area contributed by atoms with Crippen molar-refractivity contribution in [3.05, 3.63) is 47.2 Å². The molecule has 0 fully saturated rings. The topological polar surface area (TPSA) is 85.8 Å². The van der Waals surface area contributed by atoms with Crippen LogP contribution in [0.25, 0.3) is 0 Å². The fourth-order valence-corrected chi connectivity index (χ4v) is 3.45. The summed E-state index contributed by atoms with van der Waals surface area (Å²) in [6.45, 7) is 1.88. The van der Waals surface area contributed by atoms with Crippen LogP contribution in [0.4, 0.5) is 10.8 Å². The second-order valence-electron chi connectivity index (χ2n) is 4.92. The Labute approximate surface area is 141 Å². The minimum absolute atomic E-state index is 0.265. The van der Waals surface area contributed by atoms with Crippen LogP contribution in [0.2, 0.25) is 0 Å². The molecular weight excluding hydrogens is 330 g/mol. The summed E-state index contributed by atoms with van der Waals surface area (Å²) in [6.07, 6.45) is 3.61. The molecule has 2 heterocycles. The molecule has 0 bridgehead atoms. The summed E-state index contributed by atoms with van der Waals surface area (Å²) in [5, 5.41) is 6.07. The number of aryl methyl sites for hydroxylation is 2. The second kappa shape index (κ2) is 6.43. The van der Waals surface area contributed by atoms with Crippen LogP contribution >= 0.6 is 23.1 Å². The number of carbonyl (C=O) groups is 1. The van der Waals surface area contributed by atoms with E-state index in [9.17, 15) is 4.79 Å². The van der Waals surface area contributed by atoms with E-state index in [1.54, 1.807) is 18.3 Å². The second-order valence-corrected chi connectivity index (χ2v) is 6.82. The molecule has 1 amide bonds. The van der Waals surface area contributed by atoms with Crippen LogP contribution in [0.3, 0.4) is 0 Å². The maximum Gasteiger partial charge on any atom is 0.259 e. The van der Waals surface area contributed by atoms with Gasteiger partial charge in [0.2, 0.25) is 0 Å². The molecular formula is C15H15N5OS2. The van der Waals surface area contributed by atoms with Gasteiger partial charge < -0.3 is 10.3 Å². The first-order valence-corrected chi connectivity index (χ1v) is 8.51. The lowest BCUT2D eigenvalue weighted by Gasteiger charge is -2.08. The van der Waals surface area contributed by atoms with Crippen molar-refractivity contribution in [2.24, 2.45) is 7.05 Å². The van der Waals surface area contributed by atoms with Gasteiger partial charge in [-0.05, 0) is 25.1 Å². The van der Waals surface area contributed by atoms with Crippen LogP contribution < -0.4 is 11.1 Å². The minimum atomic E-state index is -0.265. The summed E-state index contributed by atoms with van der Waals surface area (Å²) >= 11 is 2.86. The lowest BCUT2D eigenvalue weighted by Crippen LogP contribution is -2.14. The van der Waals surface area contributed by atoms with Crippen LogP contribution in [0.15, 0.2) is 46.0 Å². The van der Waals surface area contributed by atoms with E-state index >= 15 is 0 Å². The highest BCUT2D eigenvalue weighted by molar-refractivity contribution is 7.99. The molecule has 0 saturated carbocycles. The van der Waals surface area contributed by atoms with E-state index in [0.717, 1.165) is 15.7 Å². The van der Waals surface area contributed by atoms with Gasteiger partial charge in [-0.2, -0.15) is 0 Å². The third-order valence-electron chi connectivity index (χ3n) is 3.09.